The van der Waals surface area contributed by atoms with Gasteiger partial charge in [-0.25, -0.2) is 13.2 Å². The van der Waals surface area contributed by atoms with Crippen LogP contribution in [-0.2, 0) is 24.2 Å². The largest absolute Gasteiger partial charge is 0.465 e. The van der Waals surface area contributed by atoms with E-state index in [0.29, 0.717) is 13.0 Å². The van der Waals surface area contributed by atoms with Gasteiger partial charge in [0.15, 0.2) is 9.84 Å². The number of rotatable bonds is 6. The van der Waals surface area contributed by atoms with Gasteiger partial charge in [0.2, 0.25) is 11.8 Å². The SMILES string of the molecule is CCN(C(=O)CN(C(C)=O)c1ccccc1C(=O)OC)C1CCS(=O)(=O)C1. The van der Waals surface area contributed by atoms with Crippen molar-refractivity contribution in [3.63, 3.8) is 0 Å². The lowest BCUT2D eigenvalue weighted by Crippen LogP contribution is -2.47. The Kier molecular flexibility index (Phi) is 6.59. The van der Waals surface area contributed by atoms with Crippen molar-refractivity contribution in [3.8, 4) is 0 Å². The third kappa shape index (κ3) is 4.85. The van der Waals surface area contributed by atoms with Crippen molar-refractivity contribution in [2.75, 3.05) is 36.6 Å². The second-order valence-electron chi connectivity index (χ2n) is 6.35. The molecule has 0 aliphatic carbocycles. The molecule has 1 aromatic carbocycles. The molecule has 1 unspecified atom stereocenters. The molecular weight excluding hydrogens is 372 g/mol. The minimum Gasteiger partial charge on any atom is -0.465 e. The number of hydrogen-bond donors (Lipinski definition) is 0. The third-order valence-corrected chi connectivity index (χ3v) is 6.33. The Morgan fingerprint density at radius 2 is 1.89 bits per heavy atom. The first-order valence-electron chi connectivity index (χ1n) is 8.65. The molecule has 0 spiro atoms. The van der Waals surface area contributed by atoms with E-state index in [1.807, 2.05) is 0 Å². The number of amides is 2. The molecule has 0 N–H and O–H groups in total. The number of methoxy groups -OCH3 is 1. The smallest absolute Gasteiger partial charge is 0.339 e. The van der Waals surface area contributed by atoms with Gasteiger partial charge in [0.1, 0.15) is 6.54 Å². The standard InChI is InChI=1S/C18H24N2O6S/c1-4-19(14-9-10-27(24,25)12-14)17(22)11-20(13(2)21)16-8-6-5-7-15(16)18(23)26-3/h5-8,14H,4,9-12H2,1-3H3. The monoisotopic (exact) mass is 396 g/mol. The van der Waals surface area contributed by atoms with Crippen LogP contribution in [0.4, 0.5) is 5.69 Å². The zero-order valence-corrected chi connectivity index (χ0v) is 16.5. The summed E-state index contributed by atoms with van der Waals surface area (Å²) < 4.78 is 28.2. The second kappa shape index (κ2) is 8.51. The second-order valence-corrected chi connectivity index (χ2v) is 8.58. The van der Waals surface area contributed by atoms with Crippen molar-refractivity contribution in [1.82, 2.24) is 4.90 Å². The summed E-state index contributed by atoms with van der Waals surface area (Å²) in [6, 6.07) is 5.98. The van der Waals surface area contributed by atoms with Crippen molar-refractivity contribution < 1.29 is 27.5 Å². The van der Waals surface area contributed by atoms with Crippen LogP contribution in [-0.4, -0.2) is 68.8 Å². The quantitative estimate of drug-likeness (QED) is 0.661. The number of para-hydroxylation sites is 1. The molecule has 0 bridgehead atoms. The van der Waals surface area contributed by atoms with E-state index >= 15 is 0 Å². The predicted molar refractivity (Wildman–Crippen MR) is 100 cm³/mol. The number of nitrogens with zero attached hydrogens (tertiary/aromatic N) is 2. The van der Waals surface area contributed by atoms with E-state index in [4.69, 9.17) is 4.74 Å². The Morgan fingerprint density at radius 3 is 2.41 bits per heavy atom. The van der Waals surface area contributed by atoms with E-state index in [1.165, 1.54) is 29.9 Å². The van der Waals surface area contributed by atoms with Crippen LogP contribution in [0.2, 0.25) is 0 Å². The summed E-state index contributed by atoms with van der Waals surface area (Å²) >= 11 is 0. The fourth-order valence-electron chi connectivity index (χ4n) is 3.24. The van der Waals surface area contributed by atoms with Gasteiger partial charge in [-0.05, 0) is 25.5 Å². The highest BCUT2D eigenvalue weighted by atomic mass is 32.2. The van der Waals surface area contributed by atoms with Crippen molar-refractivity contribution in [3.05, 3.63) is 29.8 Å². The normalized spacial score (nSPS) is 18.0. The maximum absolute atomic E-state index is 12.8. The van der Waals surface area contributed by atoms with Crippen molar-refractivity contribution in [2.45, 2.75) is 26.3 Å². The van der Waals surface area contributed by atoms with Gasteiger partial charge in [-0.3, -0.25) is 9.59 Å². The average molecular weight is 396 g/mol. The van der Waals surface area contributed by atoms with E-state index in [9.17, 15) is 22.8 Å². The van der Waals surface area contributed by atoms with Crippen LogP contribution < -0.4 is 4.90 Å². The van der Waals surface area contributed by atoms with E-state index in [1.54, 1.807) is 25.1 Å². The van der Waals surface area contributed by atoms with Gasteiger partial charge in [-0.1, -0.05) is 12.1 Å². The number of ether oxygens (including phenoxy) is 1. The first kappa shape index (κ1) is 20.9. The molecule has 2 amide bonds. The van der Waals surface area contributed by atoms with Gasteiger partial charge in [0.25, 0.3) is 0 Å². The number of likely N-dealkylation sites (N-methyl/N-ethyl adjacent to an activating group) is 1. The molecule has 1 saturated heterocycles. The summed E-state index contributed by atoms with van der Waals surface area (Å²) in [5.41, 5.74) is 0.454. The molecule has 1 atom stereocenters. The first-order valence-corrected chi connectivity index (χ1v) is 10.5. The van der Waals surface area contributed by atoms with Gasteiger partial charge < -0.3 is 14.5 Å². The van der Waals surface area contributed by atoms with E-state index in [0.717, 1.165) is 0 Å². The molecule has 8 nitrogen and oxygen atoms in total. The number of sulfone groups is 1. The van der Waals surface area contributed by atoms with Gasteiger partial charge in [0.05, 0.1) is 29.9 Å². The summed E-state index contributed by atoms with van der Waals surface area (Å²) in [5, 5.41) is 0. The molecule has 1 aliphatic heterocycles. The van der Waals surface area contributed by atoms with Gasteiger partial charge in [-0.15, -0.1) is 0 Å². The van der Waals surface area contributed by atoms with Gasteiger partial charge >= 0.3 is 5.97 Å². The number of carbonyl (C=O) groups is 3. The third-order valence-electron chi connectivity index (χ3n) is 4.58. The molecule has 27 heavy (non-hydrogen) atoms. The molecule has 0 aromatic heterocycles. The van der Waals surface area contributed by atoms with E-state index in [2.05, 4.69) is 0 Å². The maximum Gasteiger partial charge on any atom is 0.339 e. The highest BCUT2D eigenvalue weighted by Gasteiger charge is 2.35. The Balaban J connectivity index is 2.27. The minimum absolute atomic E-state index is 0.0586. The number of anilines is 1. The molecule has 1 aromatic rings. The van der Waals surface area contributed by atoms with Crippen LogP contribution in [0.15, 0.2) is 24.3 Å². The molecule has 1 aliphatic rings. The molecule has 0 radical (unpaired) electrons. The Bertz CT molecular complexity index is 836. The topological polar surface area (TPSA) is 101 Å². The van der Waals surface area contributed by atoms with Crippen molar-refractivity contribution >= 4 is 33.3 Å². The number of benzene rings is 1. The number of esters is 1. The first-order chi connectivity index (χ1) is 12.7. The van der Waals surface area contributed by atoms with Crippen molar-refractivity contribution in [2.24, 2.45) is 0 Å². The van der Waals surface area contributed by atoms with E-state index < -0.39 is 27.8 Å². The van der Waals surface area contributed by atoms with Gasteiger partial charge in [0, 0.05) is 19.5 Å². The van der Waals surface area contributed by atoms with Crippen LogP contribution >= 0.6 is 0 Å². The summed E-state index contributed by atoms with van der Waals surface area (Å²) in [6.07, 6.45) is 0.390. The number of carbonyl (C=O) groups excluding carboxylic acids is 3. The minimum atomic E-state index is -3.14. The Labute approximate surface area is 159 Å². The summed E-state index contributed by atoms with van der Waals surface area (Å²) in [7, 11) is -1.90. The Morgan fingerprint density at radius 1 is 1.22 bits per heavy atom. The van der Waals surface area contributed by atoms with Gasteiger partial charge in [-0.2, -0.15) is 0 Å². The maximum atomic E-state index is 12.8. The zero-order chi connectivity index (χ0) is 20.2. The van der Waals surface area contributed by atoms with Crippen LogP contribution in [0.1, 0.15) is 30.6 Å². The molecule has 2 rings (SSSR count). The fourth-order valence-corrected chi connectivity index (χ4v) is 4.97. The molecule has 1 fully saturated rings. The lowest BCUT2D eigenvalue weighted by molar-refractivity contribution is -0.132. The Hall–Kier alpha value is -2.42. The van der Waals surface area contributed by atoms with E-state index in [-0.39, 0.29) is 35.2 Å². The highest BCUT2D eigenvalue weighted by molar-refractivity contribution is 7.91. The summed E-state index contributed by atoms with van der Waals surface area (Å²) in [5.74, 6) is -1.39. The summed E-state index contributed by atoms with van der Waals surface area (Å²) in [4.78, 5) is 39.7. The van der Waals surface area contributed by atoms with Crippen LogP contribution in [0.5, 0.6) is 0 Å². The number of hydrogen-bond acceptors (Lipinski definition) is 6. The molecule has 0 saturated carbocycles. The molecule has 1 heterocycles. The van der Waals surface area contributed by atoms with Crippen LogP contribution in [0.25, 0.3) is 0 Å². The zero-order valence-electron chi connectivity index (χ0n) is 15.7. The lowest BCUT2D eigenvalue weighted by Gasteiger charge is -2.30. The predicted octanol–water partition coefficient (Wildman–Crippen LogP) is 0.862. The van der Waals surface area contributed by atoms with Crippen LogP contribution in [0, 0.1) is 0 Å². The molecule has 9 heteroatoms. The molecule has 148 valence electrons. The fraction of sp³-hybridized carbons (Fsp3) is 0.500. The van der Waals surface area contributed by atoms with Crippen molar-refractivity contribution in [1.29, 1.82) is 0 Å². The highest BCUT2D eigenvalue weighted by Crippen LogP contribution is 2.23. The summed E-state index contributed by atoms with van der Waals surface area (Å²) in [6.45, 7) is 3.12. The van der Waals surface area contributed by atoms with Crippen LogP contribution in [0.3, 0.4) is 0 Å². The average Bonchev–Trinajstić information content (AvgIpc) is 2.99. The lowest BCUT2D eigenvalue weighted by atomic mass is 10.1. The molecular formula is C18H24N2O6S.